The van der Waals surface area contributed by atoms with Crippen molar-refractivity contribution in [1.82, 2.24) is 9.78 Å². The normalized spacial score (nSPS) is 21.5. The first-order valence-corrected chi connectivity index (χ1v) is 7.34. The molecule has 2 N–H and O–H groups in total. The molecule has 1 aromatic heterocycles. The van der Waals surface area contributed by atoms with Gasteiger partial charge in [-0.25, -0.2) is 0 Å². The van der Waals surface area contributed by atoms with Crippen molar-refractivity contribution in [1.29, 1.82) is 0 Å². The largest absolute Gasteiger partial charge is 0.394 e. The Kier molecular flexibility index (Phi) is 3.79. The van der Waals surface area contributed by atoms with Crippen molar-refractivity contribution in [3.8, 4) is 0 Å². The maximum atomic E-state index is 6.18. The molecule has 0 saturated carbocycles. The zero-order valence-corrected chi connectivity index (χ0v) is 13.0. The van der Waals surface area contributed by atoms with Crippen LogP contribution in [-0.2, 0) is 7.05 Å². The van der Waals surface area contributed by atoms with E-state index in [4.69, 9.17) is 5.73 Å². The number of aromatic nitrogens is 2. The van der Waals surface area contributed by atoms with E-state index in [9.17, 15) is 0 Å². The van der Waals surface area contributed by atoms with Gasteiger partial charge in [-0.3, -0.25) is 4.68 Å². The quantitative estimate of drug-likeness (QED) is 0.848. The molecule has 2 rings (SSSR count). The fourth-order valence-corrected chi connectivity index (χ4v) is 3.21. The number of rotatable bonds is 1. The fourth-order valence-electron chi connectivity index (χ4n) is 3.21. The Balaban J connectivity index is 2.15. The second kappa shape index (κ2) is 5.06. The summed E-state index contributed by atoms with van der Waals surface area (Å²) in [7, 11) is 1.99. The van der Waals surface area contributed by atoms with Gasteiger partial charge in [-0.15, -0.1) is 0 Å². The van der Waals surface area contributed by atoms with Crippen LogP contribution in [0.5, 0.6) is 0 Å². The topological polar surface area (TPSA) is 47.1 Å². The van der Waals surface area contributed by atoms with Gasteiger partial charge in [-0.05, 0) is 37.5 Å². The molecule has 1 unspecified atom stereocenters. The lowest BCUT2D eigenvalue weighted by atomic mass is 9.77. The average molecular weight is 264 g/mol. The van der Waals surface area contributed by atoms with Crippen LogP contribution in [0.15, 0.2) is 0 Å². The van der Waals surface area contributed by atoms with Crippen molar-refractivity contribution in [2.75, 3.05) is 23.7 Å². The van der Waals surface area contributed by atoms with Crippen LogP contribution in [0, 0.1) is 18.3 Å². The van der Waals surface area contributed by atoms with E-state index in [1.807, 2.05) is 18.7 Å². The van der Waals surface area contributed by atoms with Gasteiger partial charge in [0.05, 0.1) is 11.4 Å². The molecule has 19 heavy (non-hydrogen) atoms. The molecule has 1 atom stereocenters. The van der Waals surface area contributed by atoms with Gasteiger partial charge >= 0.3 is 0 Å². The Hall–Kier alpha value is -1.19. The van der Waals surface area contributed by atoms with Gasteiger partial charge < -0.3 is 10.6 Å². The Bertz CT molecular complexity index is 442. The van der Waals surface area contributed by atoms with Crippen molar-refractivity contribution < 1.29 is 0 Å². The summed E-state index contributed by atoms with van der Waals surface area (Å²) in [6.45, 7) is 11.2. The maximum Gasteiger partial charge on any atom is 0.150 e. The number of hydrogen-bond acceptors (Lipinski definition) is 3. The number of nitrogens with zero attached hydrogens (tertiary/aromatic N) is 3. The minimum atomic E-state index is 0.407. The SMILES string of the molecule is Cc1nn(C)c(N2CCCC(C(C)(C)C)CC2)c1N. The molecule has 0 radical (unpaired) electrons. The lowest BCUT2D eigenvalue weighted by Gasteiger charge is -2.30. The summed E-state index contributed by atoms with van der Waals surface area (Å²) in [6.07, 6.45) is 3.80. The molecule has 0 spiro atoms. The maximum absolute atomic E-state index is 6.18. The van der Waals surface area contributed by atoms with Crippen molar-refractivity contribution >= 4 is 11.5 Å². The van der Waals surface area contributed by atoms with Crippen LogP contribution < -0.4 is 10.6 Å². The fraction of sp³-hybridized carbons (Fsp3) is 0.800. The monoisotopic (exact) mass is 264 g/mol. The van der Waals surface area contributed by atoms with Crippen LogP contribution >= 0.6 is 0 Å². The number of nitrogen functional groups attached to an aromatic ring is 1. The lowest BCUT2D eigenvalue weighted by Crippen LogP contribution is -2.28. The van der Waals surface area contributed by atoms with Crippen LogP contribution in [0.2, 0.25) is 0 Å². The molecule has 2 heterocycles. The number of hydrogen-bond donors (Lipinski definition) is 1. The predicted octanol–water partition coefficient (Wildman–Crippen LogP) is 2.96. The third-order valence-electron chi connectivity index (χ3n) is 4.49. The summed E-state index contributed by atoms with van der Waals surface area (Å²) in [5.41, 5.74) is 8.37. The Morgan fingerprint density at radius 3 is 2.42 bits per heavy atom. The number of nitrogens with two attached hydrogens (primary N) is 1. The zero-order valence-electron chi connectivity index (χ0n) is 13.0. The van der Waals surface area contributed by atoms with Gasteiger partial charge in [0, 0.05) is 20.1 Å². The number of anilines is 2. The van der Waals surface area contributed by atoms with Crippen molar-refractivity contribution in [3.63, 3.8) is 0 Å². The molecule has 4 heteroatoms. The summed E-state index contributed by atoms with van der Waals surface area (Å²) < 4.78 is 1.93. The minimum absolute atomic E-state index is 0.407. The van der Waals surface area contributed by atoms with E-state index in [0.717, 1.165) is 36.2 Å². The van der Waals surface area contributed by atoms with Gasteiger partial charge in [0.15, 0.2) is 0 Å². The molecule has 1 fully saturated rings. The van der Waals surface area contributed by atoms with Gasteiger partial charge in [0.2, 0.25) is 0 Å². The van der Waals surface area contributed by atoms with E-state index in [1.54, 1.807) is 0 Å². The predicted molar refractivity (Wildman–Crippen MR) is 81.4 cm³/mol. The Labute approximate surface area is 117 Å². The summed E-state index contributed by atoms with van der Waals surface area (Å²) in [5.74, 6) is 1.90. The molecule has 0 bridgehead atoms. The summed E-state index contributed by atoms with van der Waals surface area (Å²) in [5, 5.41) is 4.43. The van der Waals surface area contributed by atoms with E-state index < -0.39 is 0 Å². The van der Waals surface area contributed by atoms with E-state index >= 15 is 0 Å². The molecule has 1 aliphatic rings. The second-order valence-corrected chi connectivity index (χ2v) is 6.93. The highest BCUT2D eigenvalue weighted by molar-refractivity contribution is 5.66. The molecule has 0 aromatic carbocycles. The average Bonchev–Trinajstić information content (AvgIpc) is 2.52. The smallest absolute Gasteiger partial charge is 0.150 e. The van der Waals surface area contributed by atoms with Gasteiger partial charge in [0.25, 0.3) is 0 Å². The summed E-state index contributed by atoms with van der Waals surface area (Å²) >= 11 is 0. The molecule has 1 aliphatic heterocycles. The van der Waals surface area contributed by atoms with Crippen LogP contribution in [0.1, 0.15) is 45.7 Å². The third kappa shape index (κ3) is 2.88. The Morgan fingerprint density at radius 2 is 1.89 bits per heavy atom. The van der Waals surface area contributed by atoms with Gasteiger partial charge in [-0.1, -0.05) is 20.8 Å². The first-order valence-electron chi connectivity index (χ1n) is 7.34. The molecular weight excluding hydrogens is 236 g/mol. The van der Waals surface area contributed by atoms with Crippen LogP contribution in [0.4, 0.5) is 11.5 Å². The van der Waals surface area contributed by atoms with Crippen LogP contribution in [0.25, 0.3) is 0 Å². The van der Waals surface area contributed by atoms with Crippen LogP contribution in [-0.4, -0.2) is 22.9 Å². The summed E-state index contributed by atoms with van der Waals surface area (Å²) in [4.78, 5) is 2.42. The molecular formula is C15H28N4. The standard InChI is InChI=1S/C15H28N4/c1-11-13(16)14(18(5)17-11)19-9-6-7-12(8-10-19)15(2,3)4/h12H,6-10,16H2,1-5H3. The highest BCUT2D eigenvalue weighted by atomic mass is 15.4. The molecule has 4 nitrogen and oxygen atoms in total. The van der Waals surface area contributed by atoms with Crippen LogP contribution in [0.3, 0.4) is 0 Å². The van der Waals surface area contributed by atoms with E-state index in [1.165, 1.54) is 19.3 Å². The first-order chi connectivity index (χ1) is 8.80. The molecule has 0 aliphatic carbocycles. The van der Waals surface area contributed by atoms with Crippen molar-refractivity contribution in [2.45, 2.75) is 47.0 Å². The Morgan fingerprint density at radius 1 is 1.21 bits per heavy atom. The zero-order chi connectivity index (χ0) is 14.2. The van der Waals surface area contributed by atoms with Gasteiger partial charge in [0.1, 0.15) is 5.82 Å². The summed E-state index contributed by atoms with van der Waals surface area (Å²) in [6, 6.07) is 0. The number of aryl methyl sites for hydroxylation is 2. The molecule has 0 amide bonds. The lowest BCUT2D eigenvalue weighted by molar-refractivity contribution is 0.220. The van der Waals surface area contributed by atoms with Crippen molar-refractivity contribution in [2.24, 2.45) is 18.4 Å². The molecule has 1 saturated heterocycles. The first kappa shape index (κ1) is 14.2. The van der Waals surface area contributed by atoms with E-state index in [2.05, 4.69) is 30.8 Å². The highest BCUT2D eigenvalue weighted by Crippen LogP contribution is 2.36. The van der Waals surface area contributed by atoms with Crippen molar-refractivity contribution in [3.05, 3.63) is 5.69 Å². The molecule has 108 valence electrons. The third-order valence-corrected chi connectivity index (χ3v) is 4.49. The van der Waals surface area contributed by atoms with E-state index in [0.29, 0.717) is 5.41 Å². The highest BCUT2D eigenvalue weighted by Gasteiger charge is 2.28. The van der Waals surface area contributed by atoms with Gasteiger partial charge in [-0.2, -0.15) is 5.10 Å². The van der Waals surface area contributed by atoms with E-state index in [-0.39, 0.29) is 0 Å². The second-order valence-electron chi connectivity index (χ2n) is 6.93. The molecule has 1 aromatic rings. The minimum Gasteiger partial charge on any atom is -0.394 e.